The van der Waals surface area contributed by atoms with E-state index in [1.807, 2.05) is 17.5 Å². The highest BCUT2D eigenvalue weighted by atomic mass is 32.1. The number of nitrogens with one attached hydrogen (secondary N) is 2. The fraction of sp³-hybridized carbons (Fsp3) is 0.571. The summed E-state index contributed by atoms with van der Waals surface area (Å²) in [5, 5.41) is 7.86. The Labute approximate surface area is 123 Å². The van der Waals surface area contributed by atoms with E-state index < -0.39 is 0 Å². The van der Waals surface area contributed by atoms with E-state index in [9.17, 15) is 9.59 Å². The lowest BCUT2D eigenvalue weighted by Gasteiger charge is -2.32. The number of carbonyl (C=O) groups excluding carboxylic acids is 2. The Morgan fingerprint density at radius 3 is 3.05 bits per heavy atom. The smallest absolute Gasteiger partial charge is 0.234 e. The standard InChI is InChI=1S/C14H21N3O2S/c1-11(18)16-12-4-2-6-17(9-12)10-14(19)15-8-13-5-3-7-20-13/h3,5,7,12H,2,4,6,8-10H2,1H3,(H,15,19)(H,16,18). The van der Waals surface area contributed by atoms with Crippen molar-refractivity contribution in [2.45, 2.75) is 32.4 Å². The number of nitrogens with zero attached hydrogens (tertiary/aromatic N) is 1. The Morgan fingerprint density at radius 2 is 2.35 bits per heavy atom. The van der Waals surface area contributed by atoms with Gasteiger partial charge in [0.05, 0.1) is 13.1 Å². The minimum absolute atomic E-state index is 0.000929. The van der Waals surface area contributed by atoms with Crippen molar-refractivity contribution in [3.05, 3.63) is 22.4 Å². The summed E-state index contributed by atoms with van der Waals surface area (Å²) in [5.74, 6) is 0.0425. The van der Waals surface area contributed by atoms with E-state index in [1.165, 1.54) is 6.92 Å². The summed E-state index contributed by atoms with van der Waals surface area (Å²) in [4.78, 5) is 26.2. The second-order valence-electron chi connectivity index (χ2n) is 5.13. The van der Waals surface area contributed by atoms with Gasteiger partial charge in [0.2, 0.25) is 11.8 Å². The highest BCUT2D eigenvalue weighted by Gasteiger charge is 2.21. The van der Waals surface area contributed by atoms with Crippen LogP contribution in [0.3, 0.4) is 0 Å². The van der Waals surface area contributed by atoms with Crippen LogP contribution in [0.2, 0.25) is 0 Å². The molecule has 1 unspecified atom stereocenters. The van der Waals surface area contributed by atoms with E-state index in [1.54, 1.807) is 11.3 Å². The Morgan fingerprint density at radius 1 is 1.50 bits per heavy atom. The first-order valence-electron chi connectivity index (χ1n) is 6.92. The second-order valence-corrected chi connectivity index (χ2v) is 6.16. The molecule has 1 aromatic heterocycles. The van der Waals surface area contributed by atoms with Crippen LogP contribution in [0.1, 0.15) is 24.6 Å². The van der Waals surface area contributed by atoms with Gasteiger partial charge >= 0.3 is 0 Å². The molecule has 2 N–H and O–H groups in total. The Hall–Kier alpha value is -1.40. The van der Waals surface area contributed by atoms with E-state index in [4.69, 9.17) is 0 Å². The lowest BCUT2D eigenvalue weighted by atomic mass is 10.1. The van der Waals surface area contributed by atoms with Crippen molar-refractivity contribution in [3.8, 4) is 0 Å². The second kappa shape index (κ2) is 7.40. The Balaban J connectivity index is 1.71. The zero-order chi connectivity index (χ0) is 14.4. The summed E-state index contributed by atoms with van der Waals surface area (Å²) in [6, 6.07) is 4.17. The maximum atomic E-state index is 11.9. The van der Waals surface area contributed by atoms with Crippen molar-refractivity contribution in [3.63, 3.8) is 0 Å². The van der Waals surface area contributed by atoms with Crippen LogP contribution in [0.25, 0.3) is 0 Å². The number of likely N-dealkylation sites (tertiary alicyclic amines) is 1. The van der Waals surface area contributed by atoms with Crippen LogP contribution < -0.4 is 10.6 Å². The third-order valence-electron chi connectivity index (χ3n) is 3.32. The largest absolute Gasteiger partial charge is 0.352 e. The van der Waals surface area contributed by atoms with Crippen LogP contribution in [0.5, 0.6) is 0 Å². The summed E-state index contributed by atoms with van der Waals surface area (Å²) in [6.07, 6.45) is 2.01. The van der Waals surface area contributed by atoms with E-state index in [-0.39, 0.29) is 17.9 Å². The average Bonchev–Trinajstić information content (AvgIpc) is 2.89. The minimum Gasteiger partial charge on any atom is -0.352 e. The van der Waals surface area contributed by atoms with Crippen molar-refractivity contribution in [1.29, 1.82) is 0 Å². The highest BCUT2D eigenvalue weighted by molar-refractivity contribution is 7.09. The van der Waals surface area contributed by atoms with Crippen molar-refractivity contribution < 1.29 is 9.59 Å². The van der Waals surface area contributed by atoms with E-state index in [0.717, 1.165) is 30.8 Å². The molecule has 20 heavy (non-hydrogen) atoms. The van der Waals surface area contributed by atoms with Crippen LogP contribution >= 0.6 is 11.3 Å². The number of rotatable bonds is 5. The molecule has 2 rings (SSSR count). The molecule has 0 bridgehead atoms. The van der Waals surface area contributed by atoms with E-state index in [0.29, 0.717) is 13.1 Å². The highest BCUT2D eigenvalue weighted by Crippen LogP contribution is 2.10. The molecule has 1 aliphatic rings. The number of hydrogen-bond donors (Lipinski definition) is 2. The van der Waals surface area contributed by atoms with Crippen molar-refractivity contribution in [2.24, 2.45) is 0 Å². The van der Waals surface area contributed by atoms with Gasteiger partial charge in [0.25, 0.3) is 0 Å². The van der Waals surface area contributed by atoms with Gasteiger partial charge in [0, 0.05) is 24.4 Å². The molecule has 0 aliphatic carbocycles. The quantitative estimate of drug-likeness (QED) is 0.851. The number of amides is 2. The summed E-state index contributed by atoms with van der Waals surface area (Å²) >= 11 is 1.64. The molecule has 110 valence electrons. The fourth-order valence-corrected chi connectivity index (χ4v) is 3.11. The SMILES string of the molecule is CC(=O)NC1CCCN(CC(=O)NCc2cccs2)C1. The zero-order valence-electron chi connectivity index (χ0n) is 11.7. The van der Waals surface area contributed by atoms with Crippen molar-refractivity contribution >= 4 is 23.2 Å². The van der Waals surface area contributed by atoms with Gasteiger partial charge in [0.15, 0.2) is 0 Å². The molecular formula is C14H21N3O2S. The summed E-state index contributed by atoms with van der Waals surface area (Å²) < 4.78 is 0. The van der Waals surface area contributed by atoms with E-state index in [2.05, 4.69) is 15.5 Å². The number of piperidine rings is 1. The molecule has 2 amide bonds. The van der Waals surface area contributed by atoms with Gasteiger partial charge in [-0.3, -0.25) is 14.5 Å². The number of thiophene rings is 1. The van der Waals surface area contributed by atoms with Gasteiger partial charge in [0.1, 0.15) is 0 Å². The van der Waals surface area contributed by atoms with Gasteiger partial charge in [-0.05, 0) is 30.8 Å². The van der Waals surface area contributed by atoms with Crippen molar-refractivity contribution in [2.75, 3.05) is 19.6 Å². The summed E-state index contributed by atoms with van der Waals surface area (Å²) in [7, 11) is 0. The molecule has 2 heterocycles. The summed E-state index contributed by atoms with van der Waals surface area (Å²) in [5.41, 5.74) is 0. The van der Waals surface area contributed by atoms with Crippen LogP contribution in [-0.4, -0.2) is 42.4 Å². The van der Waals surface area contributed by atoms with Gasteiger partial charge in [-0.1, -0.05) is 6.07 Å². The Kier molecular flexibility index (Phi) is 5.55. The van der Waals surface area contributed by atoms with Crippen molar-refractivity contribution in [1.82, 2.24) is 15.5 Å². The molecule has 0 radical (unpaired) electrons. The molecule has 1 atom stereocenters. The predicted molar refractivity (Wildman–Crippen MR) is 79.4 cm³/mol. The zero-order valence-corrected chi connectivity index (χ0v) is 12.5. The van der Waals surface area contributed by atoms with Crippen LogP contribution in [0.4, 0.5) is 0 Å². The lowest BCUT2D eigenvalue weighted by Crippen LogP contribution is -2.49. The summed E-state index contributed by atoms with van der Waals surface area (Å²) in [6.45, 7) is 4.21. The molecule has 6 heteroatoms. The molecule has 0 saturated carbocycles. The average molecular weight is 295 g/mol. The van der Waals surface area contributed by atoms with Crippen LogP contribution in [0.15, 0.2) is 17.5 Å². The lowest BCUT2D eigenvalue weighted by molar-refractivity contribution is -0.122. The topological polar surface area (TPSA) is 61.4 Å². The molecule has 5 nitrogen and oxygen atoms in total. The molecule has 0 aromatic carbocycles. The van der Waals surface area contributed by atoms with Gasteiger partial charge in [-0.2, -0.15) is 0 Å². The molecule has 1 saturated heterocycles. The number of carbonyl (C=O) groups is 2. The fourth-order valence-electron chi connectivity index (χ4n) is 2.46. The molecular weight excluding hydrogens is 274 g/mol. The first-order chi connectivity index (χ1) is 9.63. The maximum Gasteiger partial charge on any atom is 0.234 e. The van der Waals surface area contributed by atoms with Gasteiger partial charge in [-0.25, -0.2) is 0 Å². The number of hydrogen-bond acceptors (Lipinski definition) is 4. The van der Waals surface area contributed by atoms with Crippen LogP contribution in [0, 0.1) is 0 Å². The molecule has 1 aliphatic heterocycles. The monoisotopic (exact) mass is 295 g/mol. The van der Waals surface area contributed by atoms with E-state index >= 15 is 0 Å². The molecule has 0 spiro atoms. The molecule has 1 aromatic rings. The maximum absolute atomic E-state index is 11.9. The predicted octanol–water partition coefficient (Wildman–Crippen LogP) is 0.965. The first-order valence-corrected chi connectivity index (χ1v) is 7.80. The first kappa shape index (κ1) is 15.0. The molecule has 1 fully saturated rings. The third kappa shape index (κ3) is 4.94. The normalized spacial score (nSPS) is 19.6. The van der Waals surface area contributed by atoms with Gasteiger partial charge in [-0.15, -0.1) is 11.3 Å². The van der Waals surface area contributed by atoms with Gasteiger partial charge < -0.3 is 10.6 Å². The Bertz CT molecular complexity index is 447. The third-order valence-corrected chi connectivity index (χ3v) is 4.20. The minimum atomic E-state index is -0.000929. The van der Waals surface area contributed by atoms with Crippen LogP contribution in [-0.2, 0) is 16.1 Å².